The molecule has 1 aliphatic carbocycles. The van der Waals surface area contributed by atoms with Crippen molar-refractivity contribution in [2.45, 2.75) is 85.4 Å². The first kappa shape index (κ1) is 25.0. The zero-order valence-electron chi connectivity index (χ0n) is 33.3. The predicted molar refractivity (Wildman–Crippen MR) is 194 cm³/mol. The quantitative estimate of drug-likeness (QED) is 0.181. The van der Waals surface area contributed by atoms with E-state index in [1.807, 2.05) is 25.2 Å². The van der Waals surface area contributed by atoms with Crippen LogP contribution in [0.5, 0.6) is 0 Å². The second-order valence-corrected chi connectivity index (χ2v) is 15.1. The summed E-state index contributed by atoms with van der Waals surface area (Å²) in [6.07, 6.45) is 5.16. The van der Waals surface area contributed by atoms with Gasteiger partial charge in [-0.2, -0.15) is 0 Å². The molecule has 0 aliphatic heterocycles. The smallest absolute Gasteiger partial charge is 0.216 e. The third-order valence-electron chi connectivity index (χ3n) is 10.1. The normalized spacial score (nSPS) is 18.1. The van der Waals surface area contributed by atoms with E-state index in [-0.39, 0.29) is 22.4 Å². The van der Waals surface area contributed by atoms with E-state index in [9.17, 15) is 2.74 Å². The lowest BCUT2D eigenvalue weighted by atomic mass is 9.71. The van der Waals surface area contributed by atoms with Crippen molar-refractivity contribution in [3.8, 4) is 33.5 Å². The van der Waals surface area contributed by atoms with Crippen molar-refractivity contribution < 1.29 is 15.8 Å². The summed E-state index contributed by atoms with van der Waals surface area (Å²) in [4.78, 5) is 0. The van der Waals surface area contributed by atoms with Crippen LogP contribution in [0.25, 0.3) is 55.4 Å². The van der Waals surface area contributed by atoms with Crippen molar-refractivity contribution in [3.05, 3.63) is 113 Å². The number of aryl methyl sites for hydroxylation is 3. The first-order valence-electron chi connectivity index (χ1n) is 19.1. The Labute approximate surface area is 282 Å². The molecule has 0 amide bonds. The van der Waals surface area contributed by atoms with Crippen LogP contribution in [0.1, 0.15) is 95.3 Å². The third-order valence-corrected chi connectivity index (χ3v) is 10.1. The topological polar surface area (TPSA) is 17.0 Å². The van der Waals surface area contributed by atoms with E-state index in [2.05, 4.69) is 101 Å². The number of fused-ring (bicyclic) bond motifs is 3. The molecule has 2 heteroatoms. The summed E-state index contributed by atoms with van der Waals surface area (Å²) in [7, 11) is 2.02. The summed E-state index contributed by atoms with van der Waals surface area (Å²) < 4.78 is 54.0. The van der Waals surface area contributed by atoms with Crippen LogP contribution in [0.15, 0.2) is 95.5 Å². The van der Waals surface area contributed by atoms with E-state index in [0.29, 0.717) is 24.0 Å². The van der Waals surface area contributed by atoms with Gasteiger partial charge in [0.25, 0.3) is 0 Å². The fraction of sp³-hybridized carbons (Fsp3) is 0.341. The van der Waals surface area contributed by atoms with Crippen LogP contribution in [0.3, 0.4) is 0 Å². The Hall–Kier alpha value is -4.17. The Morgan fingerprint density at radius 3 is 2.33 bits per heavy atom. The third kappa shape index (κ3) is 5.46. The Bertz CT molecular complexity index is 2300. The van der Waals surface area contributed by atoms with E-state index in [1.54, 1.807) is 12.1 Å². The molecule has 1 aliphatic rings. The molecule has 0 atom stereocenters. The first-order valence-corrected chi connectivity index (χ1v) is 16.6. The molecule has 234 valence electrons. The van der Waals surface area contributed by atoms with Crippen LogP contribution in [0, 0.1) is 19.2 Å². The standard InChI is InChI=1S/C44H48NO/c1-28-14-17-36-35-19-16-33(30-12-10-9-11-13-30)25-40(35)46-42(36)41(28)39-26-37(38(27-45(39)8)43(3,4)5)34-18-15-32(24-29(34)2)31-20-22-44(6,7)23-21-31/h9-19,24-27,31H,20-23H2,1-8H3/q+1/i2D3,18D,31D. The minimum atomic E-state index is -2.48. The monoisotopic (exact) mass is 611 g/mol. The molecule has 7 rings (SSSR count). The number of furan rings is 1. The molecule has 2 aromatic heterocycles. The molecule has 6 aromatic rings. The van der Waals surface area contributed by atoms with Crippen molar-refractivity contribution in [3.63, 3.8) is 0 Å². The highest BCUT2D eigenvalue weighted by atomic mass is 16.3. The Morgan fingerprint density at radius 2 is 1.61 bits per heavy atom. The maximum Gasteiger partial charge on any atom is 0.216 e. The predicted octanol–water partition coefficient (Wildman–Crippen LogP) is 12.0. The zero-order chi connectivity index (χ0) is 36.7. The highest BCUT2D eigenvalue weighted by Gasteiger charge is 2.30. The summed E-state index contributed by atoms with van der Waals surface area (Å²) in [6, 6.07) is 26.6. The van der Waals surface area contributed by atoms with Gasteiger partial charge in [0.2, 0.25) is 5.69 Å². The molecule has 4 aromatic carbocycles. The van der Waals surface area contributed by atoms with Gasteiger partial charge in [-0.05, 0) is 107 Å². The largest absolute Gasteiger partial charge is 0.455 e. The summed E-state index contributed by atoms with van der Waals surface area (Å²) in [5.74, 6) is -0.917. The van der Waals surface area contributed by atoms with E-state index >= 15 is 0 Å². The van der Waals surface area contributed by atoms with Crippen molar-refractivity contribution >= 4 is 21.9 Å². The second kappa shape index (κ2) is 11.3. The van der Waals surface area contributed by atoms with Crippen LogP contribution in [-0.2, 0) is 12.5 Å². The van der Waals surface area contributed by atoms with E-state index in [1.165, 1.54) is 0 Å². The van der Waals surface area contributed by atoms with Gasteiger partial charge in [0.1, 0.15) is 18.2 Å². The number of pyridine rings is 1. The molecule has 0 bridgehead atoms. The van der Waals surface area contributed by atoms with Gasteiger partial charge in [0.05, 0.1) is 6.93 Å². The summed E-state index contributed by atoms with van der Waals surface area (Å²) >= 11 is 0. The van der Waals surface area contributed by atoms with Crippen molar-refractivity contribution in [2.75, 3.05) is 0 Å². The Balaban J connectivity index is 1.46. The number of nitrogens with zero attached hydrogens (tertiary/aromatic N) is 1. The SMILES string of the molecule is [2H]c1cc(C2([2H])CCC(C)(C)CC2)cc(C([2H])([2H])[2H])c1-c1cc(-c2c(C)ccc3c2oc2cc(-c4ccccc4)ccc23)[n+](C)cc1C(C)(C)C. The minimum Gasteiger partial charge on any atom is -0.455 e. The molecule has 1 fully saturated rings. The van der Waals surface area contributed by atoms with Crippen molar-refractivity contribution in [2.24, 2.45) is 12.5 Å². The van der Waals surface area contributed by atoms with Crippen molar-refractivity contribution in [1.82, 2.24) is 0 Å². The zero-order valence-corrected chi connectivity index (χ0v) is 28.3. The van der Waals surface area contributed by atoms with Crippen LogP contribution < -0.4 is 4.57 Å². The average molecular weight is 612 g/mol. The molecule has 1 saturated carbocycles. The van der Waals surface area contributed by atoms with Crippen LogP contribution in [0.4, 0.5) is 0 Å². The Kier molecular flexibility index (Phi) is 6.12. The average Bonchev–Trinajstić information content (AvgIpc) is 3.43. The number of benzene rings is 4. The maximum absolute atomic E-state index is 9.46. The second-order valence-electron chi connectivity index (χ2n) is 15.1. The molecule has 0 N–H and O–H groups in total. The summed E-state index contributed by atoms with van der Waals surface area (Å²) in [5, 5.41) is 2.04. The van der Waals surface area contributed by atoms with Gasteiger partial charge in [-0.1, -0.05) is 101 Å². The van der Waals surface area contributed by atoms with Gasteiger partial charge in [-0.15, -0.1) is 0 Å². The minimum absolute atomic E-state index is 0.138. The maximum atomic E-state index is 9.46. The molecular weight excluding hydrogens is 558 g/mol. The van der Waals surface area contributed by atoms with E-state index < -0.39 is 12.7 Å². The number of hydrogen-bond acceptors (Lipinski definition) is 1. The van der Waals surface area contributed by atoms with Gasteiger partial charge in [-0.3, -0.25) is 0 Å². The number of rotatable bonds is 4. The molecule has 0 radical (unpaired) electrons. The highest BCUT2D eigenvalue weighted by Crippen LogP contribution is 2.45. The van der Waals surface area contributed by atoms with Gasteiger partial charge in [-0.25, -0.2) is 4.57 Å². The summed E-state index contributed by atoms with van der Waals surface area (Å²) in [6.45, 7) is 10.4. The summed E-state index contributed by atoms with van der Waals surface area (Å²) in [5.41, 5.74) is 9.26. The number of aromatic nitrogens is 1. The molecule has 0 spiro atoms. The lowest BCUT2D eigenvalue weighted by Crippen LogP contribution is -2.34. The van der Waals surface area contributed by atoms with Crippen molar-refractivity contribution in [1.29, 1.82) is 0 Å². The van der Waals surface area contributed by atoms with Crippen LogP contribution in [-0.4, -0.2) is 0 Å². The number of hydrogen-bond donors (Lipinski definition) is 0. The Morgan fingerprint density at radius 1 is 0.870 bits per heavy atom. The fourth-order valence-corrected chi connectivity index (χ4v) is 7.21. The van der Waals surface area contributed by atoms with Gasteiger partial charge in [0, 0.05) is 27.9 Å². The van der Waals surface area contributed by atoms with E-state index in [4.69, 9.17) is 8.53 Å². The molecule has 2 heterocycles. The van der Waals surface area contributed by atoms with Gasteiger partial charge < -0.3 is 4.42 Å². The molecular formula is C44H48NO+. The van der Waals surface area contributed by atoms with Gasteiger partial charge >= 0.3 is 0 Å². The first-order chi connectivity index (χ1) is 23.9. The molecule has 0 saturated heterocycles. The molecule has 46 heavy (non-hydrogen) atoms. The van der Waals surface area contributed by atoms with E-state index in [0.717, 1.165) is 73.9 Å². The fourth-order valence-electron chi connectivity index (χ4n) is 7.21. The van der Waals surface area contributed by atoms with Gasteiger partial charge in [0.15, 0.2) is 6.20 Å². The lowest BCUT2D eigenvalue weighted by molar-refractivity contribution is -0.660. The highest BCUT2D eigenvalue weighted by molar-refractivity contribution is 6.10. The molecule has 0 unspecified atom stereocenters. The van der Waals surface area contributed by atoms with Crippen LogP contribution in [0.2, 0.25) is 0 Å². The lowest BCUT2D eigenvalue weighted by Gasteiger charge is -2.34. The van der Waals surface area contributed by atoms with Crippen LogP contribution >= 0.6 is 0 Å². The molecule has 2 nitrogen and oxygen atoms in total.